The number of aryl methyl sites for hydroxylation is 1. The first-order chi connectivity index (χ1) is 9.69. The number of methoxy groups -OCH3 is 1. The van der Waals surface area contributed by atoms with Crippen LogP contribution in [0.4, 0.5) is 5.69 Å². The van der Waals surface area contributed by atoms with E-state index in [1.54, 1.807) is 7.11 Å². The number of carbonyl (C=O) groups is 1. The summed E-state index contributed by atoms with van der Waals surface area (Å²) in [5, 5.41) is 6.30. The summed E-state index contributed by atoms with van der Waals surface area (Å²) in [5.74, 6) is 0.786. The predicted octanol–water partition coefficient (Wildman–Crippen LogP) is 2.86. The molecule has 1 atom stereocenters. The molecular weight excluding hydrogens is 252 g/mol. The summed E-state index contributed by atoms with van der Waals surface area (Å²) in [4.78, 5) is 12.1. The van der Waals surface area contributed by atoms with Gasteiger partial charge in [-0.15, -0.1) is 0 Å². The lowest BCUT2D eigenvalue weighted by Crippen LogP contribution is -2.38. The number of fused-ring (bicyclic) bond motifs is 1. The Hall–Kier alpha value is -2.49. The Bertz CT molecular complexity index is 667. The van der Waals surface area contributed by atoms with Gasteiger partial charge in [0.05, 0.1) is 12.7 Å². The van der Waals surface area contributed by atoms with Crippen molar-refractivity contribution < 1.29 is 9.53 Å². The zero-order valence-corrected chi connectivity index (χ0v) is 11.4. The van der Waals surface area contributed by atoms with Crippen molar-refractivity contribution in [3.63, 3.8) is 0 Å². The molecule has 1 aliphatic heterocycles. The van der Waals surface area contributed by atoms with Gasteiger partial charge in [0.2, 0.25) is 0 Å². The lowest BCUT2D eigenvalue weighted by molar-refractivity contribution is 0.0935. The van der Waals surface area contributed by atoms with Crippen molar-refractivity contribution in [1.82, 2.24) is 5.32 Å². The summed E-state index contributed by atoms with van der Waals surface area (Å²) in [6.07, 6.45) is -0.220. The highest BCUT2D eigenvalue weighted by molar-refractivity contribution is 6.01. The monoisotopic (exact) mass is 268 g/mol. The molecule has 0 radical (unpaired) electrons. The molecule has 0 spiro atoms. The maximum absolute atomic E-state index is 12.1. The molecule has 3 rings (SSSR count). The number of hydrogen-bond acceptors (Lipinski definition) is 3. The van der Waals surface area contributed by atoms with E-state index in [1.165, 1.54) is 0 Å². The van der Waals surface area contributed by atoms with E-state index in [1.807, 2.05) is 49.4 Å². The Morgan fingerprint density at radius 2 is 1.90 bits per heavy atom. The minimum atomic E-state index is -0.220. The van der Waals surface area contributed by atoms with Crippen LogP contribution in [-0.2, 0) is 0 Å². The first-order valence-electron chi connectivity index (χ1n) is 6.50. The SMILES string of the molecule is COc1ccc([C@@H]2NC(=O)c3ccccc3N2)cc1C. The molecule has 102 valence electrons. The molecule has 4 nitrogen and oxygen atoms in total. The summed E-state index contributed by atoms with van der Waals surface area (Å²) < 4.78 is 5.26. The van der Waals surface area contributed by atoms with Gasteiger partial charge < -0.3 is 15.4 Å². The van der Waals surface area contributed by atoms with Gasteiger partial charge in [0, 0.05) is 5.69 Å². The van der Waals surface area contributed by atoms with Crippen LogP contribution in [0.2, 0.25) is 0 Å². The highest BCUT2D eigenvalue weighted by Crippen LogP contribution is 2.28. The molecule has 2 aromatic rings. The quantitative estimate of drug-likeness (QED) is 0.880. The van der Waals surface area contributed by atoms with Crippen molar-refractivity contribution in [1.29, 1.82) is 0 Å². The average molecular weight is 268 g/mol. The molecule has 0 unspecified atom stereocenters. The lowest BCUT2D eigenvalue weighted by Gasteiger charge is -2.28. The normalized spacial score (nSPS) is 16.9. The topological polar surface area (TPSA) is 50.4 Å². The number of carbonyl (C=O) groups excluding carboxylic acids is 1. The van der Waals surface area contributed by atoms with Gasteiger partial charge in [-0.2, -0.15) is 0 Å². The fraction of sp³-hybridized carbons (Fsp3) is 0.188. The molecule has 0 aromatic heterocycles. The zero-order chi connectivity index (χ0) is 14.1. The van der Waals surface area contributed by atoms with Crippen LogP contribution in [0.15, 0.2) is 42.5 Å². The number of benzene rings is 2. The highest BCUT2D eigenvalue weighted by atomic mass is 16.5. The highest BCUT2D eigenvalue weighted by Gasteiger charge is 2.24. The summed E-state index contributed by atoms with van der Waals surface area (Å²) in [5.41, 5.74) is 3.58. The number of para-hydroxylation sites is 1. The van der Waals surface area contributed by atoms with E-state index in [2.05, 4.69) is 10.6 Å². The number of rotatable bonds is 2. The van der Waals surface area contributed by atoms with Gasteiger partial charge in [-0.25, -0.2) is 0 Å². The Balaban J connectivity index is 1.94. The van der Waals surface area contributed by atoms with Gasteiger partial charge in [-0.05, 0) is 42.3 Å². The summed E-state index contributed by atoms with van der Waals surface area (Å²) in [7, 11) is 1.65. The van der Waals surface area contributed by atoms with Crippen molar-refractivity contribution in [2.45, 2.75) is 13.1 Å². The van der Waals surface area contributed by atoms with Gasteiger partial charge in [0.1, 0.15) is 11.9 Å². The standard InChI is InChI=1S/C16H16N2O2/c1-10-9-11(7-8-14(10)20-2)15-17-13-6-4-3-5-12(13)16(19)18-15/h3-9,15,17H,1-2H3,(H,18,19)/t15-/m0/s1. The van der Waals surface area contributed by atoms with E-state index in [0.717, 1.165) is 22.6 Å². The minimum Gasteiger partial charge on any atom is -0.496 e. The van der Waals surface area contributed by atoms with Crippen LogP contribution in [0.25, 0.3) is 0 Å². The second-order valence-corrected chi connectivity index (χ2v) is 4.83. The van der Waals surface area contributed by atoms with Crippen LogP contribution in [0.1, 0.15) is 27.7 Å². The predicted molar refractivity (Wildman–Crippen MR) is 78.0 cm³/mol. The van der Waals surface area contributed by atoms with Crippen LogP contribution in [0.5, 0.6) is 5.75 Å². The van der Waals surface area contributed by atoms with E-state index in [-0.39, 0.29) is 12.1 Å². The van der Waals surface area contributed by atoms with E-state index in [0.29, 0.717) is 5.56 Å². The third kappa shape index (κ3) is 2.09. The number of hydrogen-bond donors (Lipinski definition) is 2. The molecule has 1 amide bonds. The largest absolute Gasteiger partial charge is 0.496 e. The molecule has 1 heterocycles. The molecule has 4 heteroatoms. The Kier molecular flexibility index (Phi) is 3.06. The molecular formula is C16H16N2O2. The maximum atomic E-state index is 12.1. The fourth-order valence-electron chi connectivity index (χ4n) is 2.46. The minimum absolute atomic E-state index is 0.0576. The third-order valence-corrected chi connectivity index (χ3v) is 3.50. The average Bonchev–Trinajstić information content (AvgIpc) is 2.47. The van der Waals surface area contributed by atoms with Crippen LogP contribution in [0, 0.1) is 6.92 Å². The van der Waals surface area contributed by atoms with Gasteiger partial charge >= 0.3 is 0 Å². The van der Waals surface area contributed by atoms with E-state index in [9.17, 15) is 4.79 Å². The van der Waals surface area contributed by atoms with Crippen LogP contribution in [0.3, 0.4) is 0 Å². The van der Waals surface area contributed by atoms with Gasteiger partial charge in [0.15, 0.2) is 0 Å². The fourth-order valence-corrected chi connectivity index (χ4v) is 2.46. The molecule has 2 aromatic carbocycles. The van der Waals surface area contributed by atoms with E-state index < -0.39 is 0 Å². The van der Waals surface area contributed by atoms with Crippen molar-refractivity contribution in [2.75, 3.05) is 12.4 Å². The number of ether oxygens (including phenoxy) is 1. The van der Waals surface area contributed by atoms with Crippen molar-refractivity contribution >= 4 is 11.6 Å². The van der Waals surface area contributed by atoms with E-state index >= 15 is 0 Å². The van der Waals surface area contributed by atoms with Gasteiger partial charge in [-0.3, -0.25) is 4.79 Å². The smallest absolute Gasteiger partial charge is 0.255 e. The van der Waals surface area contributed by atoms with Crippen LogP contribution < -0.4 is 15.4 Å². The maximum Gasteiger partial charge on any atom is 0.255 e. The lowest BCUT2D eigenvalue weighted by atomic mass is 10.0. The molecule has 0 fully saturated rings. The summed E-state index contributed by atoms with van der Waals surface area (Å²) in [6, 6.07) is 13.4. The van der Waals surface area contributed by atoms with Crippen LogP contribution >= 0.6 is 0 Å². The first kappa shape index (κ1) is 12.5. The van der Waals surface area contributed by atoms with Crippen LogP contribution in [-0.4, -0.2) is 13.0 Å². The van der Waals surface area contributed by atoms with E-state index in [4.69, 9.17) is 4.74 Å². The van der Waals surface area contributed by atoms with Gasteiger partial charge in [-0.1, -0.05) is 18.2 Å². The summed E-state index contributed by atoms with van der Waals surface area (Å²) in [6.45, 7) is 1.99. The van der Waals surface area contributed by atoms with Crippen molar-refractivity contribution in [2.24, 2.45) is 0 Å². The summed E-state index contributed by atoms with van der Waals surface area (Å²) >= 11 is 0. The second-order valence-electron chi connectivity index (χ2n) is 4.83. The third-order valence-electron chi connectivity index (χ3n) is 3.50. The Morgan fingerprint density at radius 3 is 2.65 bits per heavy atom. The molecule has 20 heavy (non-hydrogen) atoms. The van der Waals surface area contributed by atoms with Crippen molar-refractivity contribution in [3.8, 4) is 5.75 Å². The molecule has 0 bridgehead atoms. The molecule has 2 N–H and O–H groups in total. The number of nitrogens with one attached hydrogen (secondary N) is 2. The number of amides is 1. The van der Waals surface area contributed by atoms with Gasteiger partial charge in [0.25, 0.3) is 5.91 Å². The van der Waals surface area contributed by atoms with Crippen molar-refractivity contribution in [3.05, 3.63) is 59.2 Å². The Labute approximate surface area is 117 Å². The second kappa shape index (κ2) is 4.89. The molecule has 1 aliphatic rings. The number of anilines is 1. The molecule has 0 aliphatic carbocycles. The zero-order valence-electron chi connectivity index (χ0n) is 11.4. The molecule has 0 saturated carbocycles. The first-order valence-corrected chi connectivity index (χ1v) is 6.50. The molecule has 0 saturated heterocycles. The Morgan fingerprint density at radius 1 is 1.10 bits per heavy atom.